The van der Waals surface area contributed by atoms with Crippen LogP contribution in [0, 0.1) is 11.3 Å². The molecule has 1 aromatic carbocycles. The van der Waals surface area contributed by atoms with Crippen LogP contribution in [0.3, 0.4) is 0 Å². The van der Waals surface area contributed by atoms with E-state index in [0.29, 0.717) is 23.9 Å². The Morgan fingerprint density at radius 2 is 2.29 bits per heavy atom. The largest absolute Gasteiger partial charge is 0.491 e. The van der Waals surface area contributed by atoms with Crippen LogP contribution in [-0.2, 0) is 0 Å². The summed E-state index contributed by atoms with van der Waals surface area (Å²) < 4.78 is 5.56. The summed E-state index contributed by atoms with van der Waals surface area (Å²) in [6.07, 6.45) is -0.522. The van der Waals surface area contributed by atoms with Crippen LogP contribution in [0.15, 0.2) is 24.3 Å². The number of ether oxygens (including phenoxy) is 1. The molecule has 1 fully saturated rings. The molecule has 0 aromatic heterocycles. The fourth-order valence-electron chi connectivity index (χ4n) is 2.49. The highest BCUT2D eigenvalue weighted by molar-refractivity contribution is 5.36. The van der Waals surface area contributed by atoms with Crippen molar-refractivity contribution in [3.05, 3.63) is 29.8 Å². The molecule has 21 heavy (non-hydrogen) atoms. The Balaban J connectivity index is 1.77. The van der Waals surface area contributed by atoms with Crippen LogP contribution < -0.4 is 4.74 Å². The van der Waals surface area contributed by atoms with Crippen molar-refractivity contribution in [2.45, 2.75) is 19.1 Å². The van der Waals surface area contributed by atoms with Gasteiger partial charge in [0.2, 0.25) is 0 Å². The Kier molecular flexibility index (Phi) is 5.57. The van der Waals surface area contributed by atoms with Gasteiger partial charge in [-0.2, -0.15) is 5.26 Å². The minimum atomic E-state index is -0.522. The van der Waals surface area contributed by atoms with Crippen LogP contribution in [0.4, 0.5) is 0 Å². The van der Waals surface area contributed by atoms with Crippen LogP contribution in [0.25, 0.3) is 0 Å². The monoisotopic (exact) mass is 289 g/mol. The van der Waals surface area contributed by atoms with Gasteiger partial charge in [-0.3, -0.25) is 4.90 Å². The molecular weight excluding hydrogens is 266 g/mol. The lowest BCUT2D eigenvalue weighted by Gasteiger charge is -2.38. The van der Waals surface area contributed by atoms with E-state index in [4.69, 9.17) is 10.00 Å². The van der Waals surface area contributed by atoms with E-state index < -0.39 is 6.10 Å². The molecule has 5 nitrogen and oxygen atoms in total. The summed E-state index contributed by atoms with van der Waals surface area (Å²) in [6, 6.07) is 9.58. The number of nitriles is 1. The standard InChI is InChI=1S/C16H23N3O2/c1-13-10-19(7-6-18(13)2)11-15(20)12-21-16-5-3-4-14(8-16)9-17/h3-5,8,13,15,20H,6-7,10-12H2,1-2H3. The van der Waals surface area contributed by atoms with E-state index in [2.05, 4.69) is 29.8 Å². The normalized spacial score (nSPS) is 21.7. The van der Waals surface area contributed by atoms with Crippen molar-refractivity contribution in [3.63, 3.8) is 0 Å². The van der Waals surface area contributed by atoms with Crippen LogP contribution in [0.1, 0.15) is 12.5 Å². The number of benzene rings is 1. The molecule has 1 aromatic rings. The summed E-state index contributed by atoms with van der Waals surface area (Å²) >= 11 is 0. The highest BCUT2D eigenvalue weighted by Crippen LogP contribution is 2.13. The summed E-state index contributed by atoms with van der Waals surface area (Å²) in [5.74, 6) is 0.625. The number of piperazine rings is 1. The Morgan fingerprint density at radius 3 is 3.00 bits per heavy atom. The van der Waals surface area contributed by atoms with Crippen molar-refractivity contribution >= 4 is 0 Å². The topological polar surface area (TPSA) is 59.7 Å². The van der Waals surface area contributed by atoms with E-state index in [1.54, 1.807) is 24.3 Å². The zero-order valence-corrected chi connectivity index (χ0v) is 12.7. The fraction of sp³-hybridized carbons (Fsp3) is 0.562. The second-order valence-corrected chi connectivity index (χ2v) is 5.69. The molecule has 5 heteroatoms. The fourth-order valence-corrected chi connectivity index (χ4v) is 2.49. The van der Waals surface area contributed by atoms with Crippen molar-refractivity contribution in [1.29, 1.82) is 5.26 Å². The zero-order valence-electron chi connectivity index (χ0n) is 12.7. The van der Waals surface area contributed by atoms with Crippen LogP contribution in [0.2, 0.25) is 0 Å². The molecule has 1 saturated heterocycles. The van der Waals surface area contributed by atoms with Gasteiger partial charge in [-0.15, -0.1) is 0 Å². The first-order valence-electron chi connectivity index (χ1n) is 7.32. The molecule has 2 unspecified atom stereocenters. The molecule has 0 spiro atoms. The lowest BCUT2D eigenvalue weighted by Crippen LogP contribution is -2.52. The predicted octanol–water partition coefficient (Wildman–Crippen LogP) is 0.934. The maximum atomic E-state index is 10.1. The number of likely N-dealkylation sites (N-methyl/N-ethyl adjacent to an activating group) is 1. The Morgan fingerprint density at radius 1 is 1.48 bits per heavy atom. The number of aliphatic hydroxyl groups excluding tert-OH is 1. The summed E-state index contributed by atoms with van der Waals surface area (Å²) in [4.78, 5) is 4.59. The molecule has 1 aliphatic rings. The Labute approximate surface area is 126 Å². The second-order valence-electron chi connectivity index (χ2n) is 5.69. The molecule has 0 amide bonds. The molecule has 0 radical (unpaired) electrons. The molecule has 2 atom stereocenters. The van der Waals surface area contributed by atoms with Gasteiger partial charge >= 0.3 is 0 Å². The van der Waals surface area contributed by atoms with Crippen molar-refractivity contribution < 1.29 is 9.84 Å². The molecule has 1 aliphatic heterocycles. The second kappa shape index (κ2) is 7.41. The predicted molar refractivity (Wildman–Crippen MR) is 81.2 cm³/mol. The van der Waals surface area contributed by atoms with Crippen molar-refractivity contribution in [2.75, 3.05) is 39.8 Å². The van der Waals surface area contributed by atoms with E-state index in [0.717, 1.165) is 19.6 Å². The van der Waals surface area contributed by atoms with Crippen LogP contribution >= 0.6 is 0 Å². The van der Waals surface area contributed by atoms with Crippen molar-refractivity contribution in [2.24, 2.45) is 0 Å². The van der Waals surface area contributed by atoms with Gasteiger partial charge in [-0.1, -0.05) is 6.07 Å². The zero-order chi connectivity index (χ0) is 15.2. The van der Waals surface area contributed by atoms with E-state index in [9.17, 15) is 5.11 Å². The molecule has 114 valence electrons. The maximum absolute atomic E-state index is 10.1. The smallest absolute Gasteiger partial charge is 0.120 e. The maximum Gasteiger partial charge on any atom is 0.120 e. The van der Waals surface area contributed by atoms with Gasteiger partial charge in [0.15, 0.2) is 0 Å². The third-order valence-corrected chi connectivity index (χ3v) is 3.92. The quantitative estimate of drug-likeness (QED) is 0.874. The summed E-state index contributed by atoms with van der Waals surface area (Å²) in [7, 11) is 2.13. The highest BCUT2D eigenvalue weighted by atomic mass is 16.5. The van der Waals surface area contributed by atoms with Gasteiger partial charge in [-0.25, -0.2) is 0 Å². The van der Waals surface area contributed by atoms with E-state index in [1.807, 2.05) is 0 Å². The van der Waals surface area contributed by atoms with E-state index >= 15 is 0 Å². The van der Waals surface area contributed by atoms with Crippen LogP contribution in [-0.4, -0.2) is 66.9 Å². The number of rotatable bonds is 5. The number of β-amino-alcohol motifs (C(OH)–C–C–N with tert-alkyl or cyclic N) is 1. The average Bonchev–Trinajstić information content (AvgIpc) is 2.49. The molecule has 0 bridgehead atoms. The number of nitrogens with zero attached hydrogens (tertiary/aromatic N) is 3. The van der Waals surface area contributed by atoms with Gasteiger partial charge in [-0.05, 0) is 32.2 Å². The molecule has 0 aliphatic carbocycles. The molecule has 2 rings (SSSR count). The molecular formula is C16H23N3O2. The molecule has 1 N–H and O–H groups in total. The Bertz CT molecular complexity index is 501. The lowest BCUT2D eigenvalue weighted by molar-refractivity contribution is 0.0356. The summed E-state index contributed by atoms with van der Waals surface area (Å²) in [6.45, 7) is 6.03. The Hall–Kier alpha value is -1.61. The number of aliphatic hydroxyl groups is 1. The summed E-state index contributed by atoms with van der Waals surface area (Å²) in [5.41, 5.74) is 0.565. The minimum Gasteiger partial charge on any atom is -0.491 e. The first kappa shape index (κ1) is 15.8. The first-order chi connectivity index (χ1) is 10.1. The van der Waals surface area contributed by atoms with Crippen molar-refractivity contribution in [1.82, 2.24) is 9.80 Å². The van der Waals surface area contributed by atoms with E-state index in [-0.39, 0.29) is 6.61 Å². The van der Waals surface area contributed by atoms with Gasteiger partial charge < -0.3 is 14.7 Å². The number of hydrogen-bond acceptors (Lipinski definition) is 5. The first-order valence-corrected chi connectivity index (χ1v) is 7.32. The lowest BCUT2D eigenvalue weighted by atomic mass is 10.2. The van der Waals surface area contributed by atoms with Gasteiger partial charge in [0.25, 0.3) is 0 Å². The minimum absolute atomic E-state index is 0.246. The van der Waals surface area contributed by atoms with Gasteiger partial charge in [0, 0.05) is 32.2 Å². The summed E-state index contributed by atoms with van der Waals surface area (Å²) in [5, 5.41) is 18.9. The third kappa shape index (κ3) is 4.71. The highest BCUT2D eigenvalue weighted by Gasteiger charge is 2.22. The molecule has 0 saturated carbocycles. The number of hydrogen-bond donors (Lipinski definition) is 1. The average molecular weight is 289 g/mol. The van der Waals surface area contributed by atoms with Gasteiger partial charge in [0.05, 0.1) is 11.6 Å². The van der Waals surface area contributed by atoms with Gasteiger partial charge in [0.1, 0.15) is 18.5 Å². The van der Waals surface area contributed by atoms with Crippen molar-refractivity contribution in [3.8, 4) is 11.8 Å². The molecule has 1 heterocycles. The van der Waals surface area contributed by atoms with Crippen LogP contribution in [0.5, 0.6) is 5.75 Å². The van der Waals surface area contributed by atoms with E-state index in [1.165, 1.54) is 0 Å². The third-order valence-electron chi connectivity index (χ3n) is 3.92. The SMILES string of the molecule is CC1CN(CC(O)COc2cccc(C#N)c2)CCN1C.